The Morgan fingerprint density at radius 1 is 1.47 bits per heavy atom. The van der Waals surface area contributed by atoms with Gasteiger partial charge in [-0.05, 0) is 30.9 Å². The van der Waals surface area contributed by atoms with Gasteiger partial charge in [0, 0.05) is 0 Å². The molecule has 0 saturated heterocycles. The molecule has 1 heterocycles. The maximum Gasteiger partial charge on any atom is 0.422 e. The van der Waals surface area contributed by atoms with Crippen molar-refractivity contribution < 1.29 is 23.0 Å². The SMILES string of the molecule is OC1CCCc2cc(OCC(F)(F)F)cnc21. The van der Waals surface area contributed by atoms with Gasteiger partial charge in [-0.2, -0.15) is 13.2 Å². The Hall–Kier alpha value is -1.30. The van der Waals surface area contributed by atoms with Gasteiger partial charge in [-0.15, -0.1) is 0 Å². The molecule has 0 radical (unpaired) electrons. The Labute approximate surface area is 96.2 Å². The van der Waals surface area contributed by atoms with E-state index in [-0.39, 0.29) is 5.75 Å². The molecule has 0 bridgehead atoms. The summed E-state index contributed by atoms with van der Waals surface area (Å²) in [5, 5.41) is 9.63. The van der Waals surface area contributed by atoms with Crippen LogP contribution < -0.4 is 4.74 Å². The number of aliphatic hydroxyl groups excluding tert-OH is 1. The lowest BCUT2D eigenvalue weighted by molar-refractivity contribution is -0.153. The minimum atomic E-state index is -4.35. The van der Waals surface area contributed by atoms with Gasteiger partial charge < -0.3 is 9.84 Å². The number of aliphatic hydroxyl groups is 1. The zero-order valence-corrected chi connectivity index (χ0v) is 9.00. The van der Waals surface area contributed by atoms with Gasteiger partial charge in [-0.3, -0.25) is 4.98 Å². The second kappa shape index (κ2) is 4.52. The lowest BCUT2D eigenvalue weighted by Gasteiger charge is -2.20. The molecule has 6 heteroatoms. The fourth-order valence-electron chi connectivity index (χ4n) is 1.87. The molecule has 1 aliphatic rings. The third-order valence-corrected chi connectivity index (χ3v) is 2.62. The van der Waals surface area contributed by atoms with Crippen molar-refractivity contribution in [3.8, 4) is 5.75 Å². The van der Waals surface area contributed by atoms with Gasteiger partial charge in [0.05, 0.1) is 18.0 Å². The molecule has 17 heavy (non-hydrogen) atoms. The first kappa shape index (κ1) is 12.2. The van der Waals surface area contributed by atoms with E-state index < -0.39 is 18.9 Å². The van der Waals surface area contributed by atoms with E-state index in [0.29, 0.717) is 18.5 Å². The third-order valence-electron chi connectivity index (χ3n) is 2.62. The van der Waals surface area contributed by atoms with Crippen LogP contribution in [0.1, 0.15) is 30.2 Å². The predicted molar refractivity (Wildman–Crippen MR) is 53.7 cm³/mol. The quantitative estimate of drug-likeness (QED) is 0.872. The molecule has 2 rings (SSSR count). The zero-order valence-electron chi connectivity index (χ0n) is 9.00. The van der Waals surface area contributed by atoms with E-state index in [4.69, 9.17) is 0 Å². The minimum absolute atomic E-state index is 0.0928. The molecule has 1 aromatic heterocycles. The highest BCUT2D eigenvalue weighted by Crippen LogP contribution is 2.30. The molecule has 1 aromatic rings. The molecule has 0 saturated carbocycles. The second-order valence-corrected chi connectivity index (χ2v) is 4.03. The van der Waals surface area contributed by atoms with Crippen molar-refractivity contribution >= 4 is 0 Å². The van der Waals surface area contributed by atoms with Crippen LogP contribution in [0.4, 0.5) is 13.2 Å². The first-order valence-corrected chi connectivity index (χ1v) is 5.32. The lowest BCUT2D eigenvalue weighted by atomic mass is 9.94. The number of hydrogen-bond donors (Lipinski definition) is 1. The van der Waals surface area contributed by atoms with Crippen molar-refractivity contribution in [1.29, 1.82) is 0 Å². The van der Waals surface area contributed by atoms with Crippen LogP contribution in [0, 0.1) is 0 Å². The van der Waals surface area contributed by atoms with E-state index in [9.17, 15) is 18.3 Å². The Morgan fingerprint density at radius 3 is 2.94 bits per heavy atom. The summed E-state index contributed by atoms with van der Waals surface area (Å²) in [6, 6.07) is 1.52. The fourth-order valence-corrected chi connectivity index (χ4v) is 1.87. The zero-order chi connectivity index (χ0) is 12.5. The van der Waals surface area contributed by atoms with Crippen molar-refractivity contribution in [3.63, 3.8) is 0 Å². The Balaban J connectivity index is 2.11. The van der Waals surface area contributed by atoms with Crippen molar-refractivity contribution in [2.45, 2.75) is 31.5 Å². The molecule has 0 aliphatic heterocycles. The van der Waals surface area contributed by atoms with Crippen LogP contribution in [0.2, 0.25) is 0 Å². The monoisotopic (exact) mass is 247 g/mol. The number of rotatable bonds is 2. The number of alkyl halides is 3. The molecule has 0 spiro atoms. The molecule has 1 unspecified atom stereocenters. The highest BCUT2D eigenvalue weighted by Gasteiger charge is 2.29. The summed E-state index contributed by atoms with van der Waals surface area (Å²) in [5.74, 6) is 0.0928. The van der Waals surface area contributed by atoms with Crippen molar-refractivity contribution in [2.75, 3.05) is 6.61 Å². The maximum atomic E-state index is 12.0. The van der Waals surface area contributed by atoms with Crippen LogP contribution in [0.15, 0.2) is 12.3 Å². The van der Waals surface area contributed by atoms with Crippen LogP contribution in [-0.2, 0) is 6.42 Å². The van der Waals surface area contributed by atoms with Crippen LogP contribution in [0.5, 0.6) is 5.75 Å². The van der Waals surface area contributed by atoms with E-state index in [1.807, 2.05) is 0 Å². The Morgan fingerprint density at radius 2 is 2.24 bits per heavy atom. The topological polar surface area (TPSA) is 42.4 Å². The molecule has 0 fully saturated rings. The summed E-state index contributed by atoms with van der Waals surface area (Å²) < 4.78 is 40.5. The molecule has 94 valence electrons. The van der Waals surface area contributed by atoms with E-state index in [0.717, 1.165) is 12.0 Å². The summed E-state index contributed by atoms with van der Waals surface area (Å²) in [6.07, 6.45) is -1.59. The fraction of sp³-hybridized carbons (Fsp3) is 0.545. The van der Waals surface area contributed by atoms with Crippen LogP contribution in [0.3, 0.4) is 0 Å². The normalized spacial score (nSPS) is 19.9. The smallest absolute Gasteiger partial charge is 0.422 e. The summed E-state index contributed by atoms with van der Waals surface area (Å²) in [4.78, 5) is 3.96. The van der Waals surface area contributed by atoms with Gasteiger partial charge in [-0.25, -0.2) is 0 Å². The first-order valence-electron chi connectivity index (χ1n) is 5.32. The van der Waals surface area contributed by atoms with Crippen LogP contribution >= 0.6 is 0 Å². The van der Waals surface area contributed by atoms with Gasteiger partial charge in [0.1, 0.15) is 5.75 Å². The van der Waals surface area contributed by atoms with Crippen LogP contribution in [0.25, 0.3) is 0 Å². The van der Waals surface area contributed by atoms with Gasteiger partial charge in [-0.1, -0.05) is 0 Å². The van der Waals surface area contributed by atoms with Gasteiger partial charge in [0.2, 0.25) is 0 Å². The summed E-state index contributed by atoms with van der Waals surface area (Å²) in [5.41, 5.74) is 1.32. The molecule has 0 amide bonds. The molecular weight excluding hydrogens is 235 g/mol. The molecular formula is C11H12F3NO2. The van der Waals surface area contributed by atoms with E-state index >= 15 is 0 Å². The van der Waals surface area contributed by atoms with E-state index in [1.54, 1.807) is 0 Å². The minimum Gasteiger partial charge on any atom is -0.482 e. The third kappa shape index (κ3) is 3.09. The maximum absolute atomic E-state index is 12.0. The molecule has 0 aromatic carbocycles. The Kier molecular flexibility index (Phi) is 3.24. The largest absolute Gasteiger partial charge is 0.482 e. The van der Waals surface area contributed by atoms with Gasteiger partial charge >= 0.3 is 6.18 Å². The highest BCUT2D eigenvalue weighted by atomic mass is 19.4. The van der Waals surface area contributed by atoms with E-state index in [1.165, 1.54) is 12.3 Å². The average molecular weight is 247 g/mol. The Bertz CT molecular complexity index is 406. The van der Waals surface area contributed by atoms with Gasteiger partial charge in [0.15, 0.2) is 6.61 Å². The van der Waals surface area contributed by atoms with E-state index in [2.05, 4.69) is 9.72 Å². The number of pyridine rings is 1. The van der Waals surface area contributed by atoms with Crippen LogP contribution in [-0.4, -0.2) is 22.9 Å². The summed E-state index contributed by atoms with van der Waals surface area (Å²) in [7, 11) is 0. The standard InChI is InChI=1S/C11H12F3NO2/c12-11(13,14)6-17-8-4-7-2-1-3-9(16)10(7)15-5-8/h4-5,9,16H,1-3,6H2. The highest BCUT2D eigenvalue weighted by molar-refractivity contribution is 5.32. The summed E-state index contributed by atoms with van der Waals surface area (Å²) in [6.45, 7) is -1.32. The number of aromatic nitrogens is 1. The first-order chi connectivity index (χ1) is 7.96. The summed E-state index contributed by atoms with van der Waals surface area (Å²) >= 11 is 0. The number of fused-ring (bicyclic) bond motifs is 1. The predicted octanol–water partition coefficient (Wildman–Crippen LogP) is 2.39. The molecule has 1 N–H and O–H groups in total. The van der Waals surface area contributed by atoms with Gasteiger partial charge in [0.25, 0.3) is 0 Å². The van der Waals surface area contributed by atoms with Crippen molar-refractivity contribution in [3.05, 3.63) is 23.5 Å². The number of ether oxygens (including phenoxy) is 1. The molecule has 1 aliphatic carbocycles. The van der Waals surface area contributed by atoms with Crippen molar-refractivity contribution in [2.24, 2.45) is 0 Å². The average Bonchev–Trinajstić information content (AvgIpc) is 2.26. The second-order valence-electron chi connectivity index (χ2n) is 4.03. The number of nitrogens with zero attached hydrogens (tertiary/aromatic N) is 1. The van der Waals surface area contributed by atoms with Crippen molar-refractivity contribution in [1.82, 2.24) is 4.98 Å². The molecule has 3 nitrogen and oxygen atoms in total. The lowest BCUT2D eigenvalue weighted by Crippen LogP contribution is -2.20. The number of halogens is 3. The number of hydrogen-bond acceptors (Lipinski definition) is 3. The number of aryl methyl sites for hydroxylation is 1. The molecule has 1 atom stereocenters.